The highest BCUT2D eigenvalue weighted by atomic mass is 16.7. The molecule has 0 aromatic heterocycles. The third-order valence-electron chi connectivity index (χ3n) is 14.9. The first-order valence-corrected chi connectivity index (χ1v) is 33.1. The molecule has 0 spiro atoms. The van der Waals surface area contributed by atoms with Gasteiger partial charge in [-0.1, -0.05) is 301 Å². The van der Waals surface area contributed by atoms with Gasteiger partial charge in [-0.3, -0.25) is 9.59 Å². The second-order valence-corrected chi connectivity index (χ2v) is 23.7. The van der Waals surface area contributed by atoms with Crippen LogP contribution in [0.15, 0.2) is 36.5 Å². The molecule has 0 saturated carbocycles. The zero-order chi connectivity index (χ0) is 56.2. The van der Waals surface area contributed by atoms with E-state index < -0.39 is 24.3 Å². The topological polar surface area (TPSA) is 111 Å². The van der Waals surface area contributed by atoms with Crippen molar-refractivity contribution < 1.29 is 42.9 Å². The SMILES string of the molecule is CC/C=C\C/C=C\C/C=C\CCCCCC(=O)OC(COC(=O)CCCCCCCCCCCCCCCCCCCCCCCCCCCCCCCCCCCCCCCCC)COC(OCC[N+](C)(C)C)C(=O)[O-]. The molecule has 0 heterocycles. The third kappa shape index (κ3) is 61.0. The van der Waals surface area contributed by atoms with Crippen molar-refractivity contribution >= 4 is 17.9 Å². The van der Waals surface area contributed by atoms with Crippen molar-refractivity contribution in [3.05, 3.63) is 36.5 Å². The number of rotatable bonds is 62. The van der Waals surface area contributed by atoms with Gasteiger partial charge in [-0.15, -0.1) is 0 Å². The maximum Gasteiger partial charge on any atom is 0.306 e. The Labute approximate surface area is 477 Å². The number of carbonyl (C=O) groups is 3. The molecule has 452 valence electrons. The Morgan fingerprint density at radius 2 is 0.740 bits per heavy atom. The minimum atomic E-state index is -1.63. The van der Waals surface area contributed by atoms with Crippen LogP contribution < -0.4 is 5.11 Å². The summed E-state index contributed by atoms with van der Waals surface area (Å²) in [6.45, 7) is 4.63. The molecule has 77 heavy (non-hydrogen) atoms. The molecule has 0 saturated heterocycles. The Kier molecular flexibility index (Phi) is 57.7. The van der Waals surface area contributed by atoms with Gasteiger partial charge >= 0.3 is 11.9 Å². The van der Waals surface area contributed by atoms with Crippen molar-refractivity contribution in [1.29, 1.82) is 0 Å². The van der Waals surface area contributed by atoms with Crippen molar-refractivity contribution in [3.8, 4) is 0 Å². The number of hydrogen-bond acceptors (Lipinski definition) is 8. The van der Waals surface area contributed by atoms with Gasteiger partial charge in [0, 0.05) is 12.8 Å². The number of nitrogens with zero attached hydrogens (tertiary/aromatic N) is 1. The highest BCUT2D eigenvalue weighted by Gasteiger charge is 2.22. The first-order chi connectivity index (χ1) is 37.6. The molecule has 0 radical (unpaired) electrons. The van der Waals surface area contributed by atoms with E-state index in [4.69, 9.17) is 18.9 Å². The number of ether oxygens (including phenoxy) is 4. The van der Waals surface area contributed by atoms with E-state index in [1.165, 1.54) is 231 Å². The number of unbranched alkanes of at least 4 members (excludes halogenated alkanes) is 41. The van der Waals surface area contributed by atoms with Gasteiger partial charge in [-0.2, -0.15) is 0 Å². The van der Waals surface area contributed by atoms with Gasteiger partial charge in [-0.05, 0) is 44.9 Å². The predicted molar refractivity (Wildman–Crippen MR) is 325 cm³/mol. The molecular formula is C68H127NO8. The zero-order valence-electron chi connectivity index (χ0n) is 51.6. The Morgan fingerprint density at radius 1 is 0.403 bits per heavy atom. The number of quaternary nitrogens is 1. The fourth-order valence-electron chi connectivity index (χ4n) is 9.85. The van der Waals surface area contributed by atoms with Crippen molar-refractivity contribution in [3.63, 3.8) is 0 Å². The summed E-state index contributed by atoms with van der Waals surface area (Å²) in [5.41, 5.74) is 0. The molecule has 0 aliphatic heterocycles. The summed E-state index contributed by atoms with van der Waals surface area (Å²) in [5, 5.41) is 11.8. The van der Waals surface area contributed by atoms with Gasteiger partial charge in [0.2, 0.25) is 0 Å². The molecule has 9 nitrogen and oxygen atoms in total. The molecule has 0 bridgehead atoms. The molecule has 0 fully saturated rings. The van der Waals surface area contributed by atoms with Crippen LogP contribution in [0.3, 0.4) is 0 Å². The van der Waals surface area contributed by atoms with Crippen LogP contribution in [0.4, 0.5) is 0 Å². The first-order valence-electron chi connectivity index (χ1n) is 33.1. The van der Waals surface area contributed by atoms with E-state index in [2.05, 4.69) is 50.3 Å². The van der Waals surface area contributed by atoms with Crippen LogP contribution >= 0.6 is 0 Å². The highest BCUT2D eigenvalue weighted by molar-refractivity contribution is 5.70. The lowest BCUT2D eigenvalue weighted by Crippen LogP contribution is -2.44. The smallest absolute Gasteiger partial charge is 0.306 e. The molecule has 0 rings (SSSR count). The molecule has 0 aliphatic carbocycles. The van der Waals surface area contributed by atoms with E-state index in [-0.39, 0.29) is 38.6 Å². The largest absolute Gasteiger partial charge is 0.545 e. The second-order valence-electron chi connectivity index (χ2n) is 23.7. The van der Waals surface area contributed by atoms with Crippen LogP contribution in [0.2, 0.25) is 0 Å². The molecule has 0 aliphatic rings. The van der Waals surface area contributed by atoms with E-state index in [1.807, 2.05) is 21.1 Å². The number of carboxylic acid groups (broad SMARTS) is 1. The van der Waals surface area contributed by atoms with Gasteiger partial charge in [0.25, 0.3) is 0 Å². The third-order valence-corrected chi connectivity index (χ3v) is 14.9. The van der Waals surface area contributed by atoms with Crippen molar-refractivity contribution in [2.24, 2.45) is 0 Å². The average Bonchev–Trinajstić information content (AvgIpc) is 3.40. The zero-order valence-corrected chi connectivity index (χ0v) is 51.6. The molecule has 2 unspecified atom stereocenters. The number of aliphatic carboxylic acids is 1. The number of esters is 2. The molecule has 0 aromatic carbocycles. The van der Waals surface area contributed by atoms with Gasteiger partial charge in [0.1, 0.15) is 13.2 Å². The van der Waals surface area contributed by atoms with Gasteiger partial charge < -0.3 is 33.3 Å². The summed E-state index contributed by atoms with van der Waals surface area (Å²) in [5.74, 6) is -2.31. The quantitative estimate of drug-likeness (QED) is 0.0195. The Balaban J connectivity index is 3.87. The minimum absolute atomic E-state index is 0.143. The number of hydrogen-bond donors (Lipinski definition) is 0. The summed E-state index contributed by atoms with van der Waals surface area (Å²) in [4.78, 5) is 37.2. The number of likely N-dealkylation sites (N-methyl/N-ethyl adjacent to an activating group) is 1. The molecule has 0 N–H and O–H groups in total. The lowest BCUT2D eigenvalue weighted by atomic mass is 10.0. The maximum atomic E-state index is 12.8. The maximum absolute atomic E-state index is 12.8. The fraction of sp³-hybridized carbons (Fsp3) is 0.868. The molecule has 9 heteroatoms. The Hall–Kier alpha value is -2.49. The van der Waals surface area contributed by atoms with Crippen LogP contribution in [-0.2, 0) is 33.3 Å². The standard InChI is InChI=1S/C68H127NO8/c1-6-8-10-12-14-16-18-20-21-22-23-24-25-26-27-28-29-30-31-32-33-34-35-36-37-38-39-40-41-42-43-44-45-47-48-50-52-54-56-58-65(70)75-62-64(63-76-68(67(72)73)74-61-60-69(3,4)5)77-66(71)59-57-55-53-51-49-46-19-17-15-13-11-9-7-2/h9,11,15,17,46,49,64,68H,6-8,10,12-14,16,18-45,47-48,50-63H2,1-5H3/b11-9-,17-15-,49-46-. The summed E-state index contributed by atoms with van der Waals surface area (Å²) in [7, 11) is 5.91. The molecule has 2 atom stereocenters. The molecule has 0 amide bonds. The van der Waals surface area contributed by atoms with Crippen LogP contribution in [0.1, 0.15) is 322 Å². The summed E-state index contributed by atoms with van der Waals surface area (Å²) in [6, 6.07) is 0. The lowest BCUT2D eigenvalue weighted by molar-refractivity contribution is -0.870. The van der Waals surface area contributed by atoms with Crippen LogP contribution in [0, 0.1) is 0 Å². The van der Waals surface area contributed by atoms with E-state index in [1.54, 1.807) is 0 Å². The monoisotopic (exact) mass is 1090 g/mol. The van der Waals surface area contributed by atoms with Crippen molar-refractivity contribution in [2.75, 3.05) is 47.5 Å². The van der Waals surface area contributed by atoms with E-state index in [0.29, 0.717) is 17.4 Å². The summed E-state index contributed by atoms with van der Waals surface area (Å²) < 4.78 is 22.6. The number of carboxylic acids is 1. The van der Waals surface area contributed by atoms with Crippen LogP contribution in [0.5, 0.6) is 0 Å². The second kappa shape index (κ2) is 59.6. The fourth-order valence-corrected chi connectivity index (χ4v) is 9.85. The molecular weight excluding hydrogens is 959 g/mol. The van der Waals surface area contributed by atoms with Crippen molar-refractivity contribution in [1.82, 2.24) is 0 Å². The normalized spacial score (nSPS) is 12.9. The Bertz CT molecular complexity index is 1360. The van der Waals surface area contributed by atoms with Crippen molar-refractivity contribution in [2.45, 2.75) is 334 Å². The van der Waals surface area contributed by atoms with E-state index in [0.717, 1.165) is 57.8 Å². The molecule has 0 aromatic rings. The van der Waals surface area contributed by atoms with Gasteiger partial charge in [-0.25, -0.2) is 0 Å². The average molecular weight is 1090 g/mol. The number of carbonyl (C=O) groups excluding carboxylic acids is 3. The van der Waals surface area contributed by atoms with Gasteiger partial charge in [0.05, 0.1) is 40.3 Å². The van der Waals surface area contributed by atoms with E-state index in [9.17, 15) is 19.5 Å². The van der Waals surface area contributed by atoms with Crippen LogP contribution in [-0.4, -0.2) is 82.3 Å². The number of allylic oxidation sites excluding steroid dienone is 6. The lowest BCUT2D eigenvalue weighted by Gasteiger charge is -2.26. The van der Waals surface area contributed by atoms with E-state index >= 15 is 0 Å². The first kappa shape index (κ1) is 74.5. The Morgan fingerprint density at radius 3 is 1.10 bits per heavy atom. The summed E-state index contributed by atoms with van der Waals surface area (Å²) >= 11 is 0. The van der Waals surface area contributed by atoms with Gasteiger partial charge in [0.15, 0.2) is 12.4 Å². The minimum Gasteiger partial charge on any atom is -0.545 e. The predicted octanol–water partition coefficient (Wildman–Crippen LogP) is 18.7. The van der Waals surface area contributed by atoms with Crippen LogP contribution in [0.25, 0.3) is 0 Å². The highest BCUT2D eigenvalue weighted by Crippen LogP contribution is 2.19. The summed E-state index contributed by atoms with van der Waals surface area (Å²) in [6.07, 6.45) is 71.3.